The molecule has 0 bridgehead atoms. The lowest BCUT2D eigenvalue weighted by Gasteiger charge is -2.11. The van der Waals surface area contributed by atoms with Crippen LogP contribution in [-0.4, -0.2) is 0 Å². The van der Waals surface area contributed by atoms with Crippen LogP contribution in [0.4, 0.5) is 0 Å². The van der Waals surface area contributed by atoms with Crippen LogP contribution in [0.2, 0.25) is 0 Å². The molecule has 0 unspecified atom stereocenters. The minimum atomic E-state index is 1.27. The van der Waals surface area contributed by atoms with E-state index in [2.05, 4.69) is 366 Å². The standard InChI is InChI=1S/C25H20N.C23H18NS.C21H18N.C19H16NS.8C2H6/c1-17-22-10-6-5-7-18(22)11-12-23(17)25-24-16-20-9-4-3-8-19(20)15-21(24)13-14-26(25)2;1-15-17-8-4-3-7-16(17)11-12-18(15)22-23-20(13-14-24(22)2)19-9-5-6-10-21(19)25-23;1-15-7-3-6-10-19(15)21-20-14-17-9-5-4-8-16(17)13-18(20)11-12-22(21)2;1-13-7-3-4-8-14(13)18-19-16(11-12-20(18)2)15-9-5-6-10-17(15)21-19;8*1-2/h3-16H,1-2H3;3-14H,1-2H3;3-14H,1-2H3;3-12H,1-2H3;8*1-2H3/q4*+1;;;;;;;;. The van der Waals surface area contributed by atoms with Gasteiger partial charge in [-0.25, -0.2) is 9.13 Å². The third-order valence-corrected chi connectivity index (χ3v) is 21.4. The summed E-state index contributed by atoms with van der Waals surface area (Å²) >= 11 is 3.78. The van der Waals surface area contributed by atoms with Crippen LogP contribution < -0.4 is 18.3 Å². The van der Waals surface area contributed by atoms with E-state index in [0.29, 0.717) is 0 Å². The highest BCUT2D eigenvalue weighted by molar-refractivity contribution is 7.26. The average Bonchev–Trinajstić information content (AvgIpc) is 1.51. The number of hydrogen-bond donors (Lipinski definition) is 0. The predicted octanol–water partition coefficient (Wildman–Crippen LogP) is 29.8. The van der Waals surface area contributed by atoms with E-state index >= 15 is 0 Å². The topological polar surface area (TPSA) is 15.5 Å². The molecule has 564 valence electrons. The fourth-order valence-electron chi connectivity index (χ4n) is 14.1. The van der Waals surface area contributed by atoms with Crippen LogP contribution in [0.3, 0.4) is 0 Å². The Morgan fingerprint density at radius 2 is 0.473 bits per heavy atom. The number of pyridine rings is 4. The zero-order chi connectivity index (χ0) is 80.1. The maximum atomic E-state index is 2.33. The van der Waals surface area contributed by atoms with Crippen LogP contribution in [-0.2, 0) is 28.2 Å². The van der Waals surface area contributed by atoms with Gasteiger partial charge in [0.15, 0.2) is 24.8 Å². The fourth-order valence-corrected chi connectivity index (χ4v) is 16.7. The van der Waals surface area contributed by atoms with Crippen molar-refractivity contribution < 1.29 is 18.3 Å². The Morgan fingerprint density at radius 1 is 0.200 bits per heavy atom. The Kier molecular flexibility index (Phi) is 33.7. The van der Waals surface area contributed by atoms with Gasteiger partial charge < -0.3 is 0 Å². The smallest absolute Gasteiger partial charge is 0.200 e. The molecule has 0 aliphatic heterocycles. The van der Waals surface area contributed by atoms with Crippen molar-refractivity contribution in [2.45, 2.75) is 138 Å². The van der Waals surface area contributed by atoms with Crippen molar-refractivity contribution in [2.24, 2.45) is 28.2 Å². The summed E-state index contributed by atoms with van der Waals surface area (Å²) in [5.41, 5.74) is 15.7. The van der Waals surface area contributed by atoms with Crippen LogP contribution in [0, 0.1) is 27.7 Å². The van der Waals surface area contributed by atoms with Crippen molar-refractivity contribution in [2.75, 3.05) is 0 Å². The van der Waals surface area contributed by atoms with E-state index in [-0.39, 0.29) is 0 Å². The number of benzene rings is 12. The third kappa shape index (κ3) is 18.7. The Balaban J connectivity index is 0.000000192. The van der Waals surface area contributed by atoms with Gasteiger partial charge in [-0.2, -0.15) is 9.13 Å². The second-order valence-corrected chi connectivity index (χ2v) is 27.0. The SMILES string of the molecule is CC.CC.CC.CC.CC.CC.CC.CC.Cc1c(-c2c3cc4ccccc4cc3cc[n+]2C)ccc2ccccc12.Cc1c(-c2c3sc4ccccc4c3cc[n+]2C)ccc2ccccc12.Cc1ccccc1-c1c2cc3ccccc3cc2cc[n+]1C.Cc1ccccc1-c1c2sc3ccccc3c2cc[n+]1C. The molecule has 0 radical (unpaired) electrons. The van der Waals surface area contributed by atoms with E-state index in [1.165, 1.54) is 172 Å². The van der Waals surface area contributed by atoms with Crippen molar-refractivity contribution in [1.29, 1.82) is 0 Å². The highest BCUT2D eigenvalue weighted by Gasteiger charge is 2.24. The highest BCUT2D eigenvalue weighted by atomic mass is 32.1. The zero-order valence-electron chi connectivity index (χ0n) is 70.3. The minimum Gasteiger partial charge on any atom is -0.200 e. The lowest BCUT2D eigenvalue weighted by molar-refractivity contribution is -0.659. The van der Waals surface area contributed by atoms with E-state index < -0.39 is 0 Å². The summed E-state index contributed by atoms with van der Waals surface area (Å²) in [4.78, 5) is 0. The van der Waals surface area contributed by atoms with Crippen molar-refractivity contribution >= 4 is 128 Å². The number of hydrogen-bond acceptors (Lipinski definition) is 2. The maximum absolute atomic E-state index is 2.33. The summed E-state index contributed by atoms with van der Waals surface area (Å²) in [5, 5.41) is 21.0. The molecule has 0 atom stereocenters. The minimum absolute atomic E-state index is 1.27. The highest BCUT2D eigenvalue weighted by Crippen LogP contribution is 2.42. The quantitative estimate of drug-likeness (QED) is 0.123. The van der Waals surface area contributed by atoms with Gasteiger partial charge in [-0.1, -0.05) is 293 Å². The number of aromatic nitrogens is 4. The second kappa shape index (κ2) is 42.8. The van der Waals surface area contributed by atoms with Gasteiger partial charge in [-0.15, -0.1) is 22.7 Å². The van der Waals surface area contributed by atoms with Gasteiger partial charge in [0, 0.05) is 60.8 Å². The number of aryl methyl sites for hydroxylation is 8. The Morgan fingerprint density at radius 3 is 0.855 bits per heavy atom. The molecule has 0 fully saturated rings. The van der Waals surface area contributed by atoms with Gasteiger partial charge in [0.2, 0.25) is 22.8 Å². The molecule has 18 rings (SSSR count). The van der Waals surface area contributed by atoms with Crippen LogP contribution in [0.15, 0.2) is 292 Å². The number of nitrogens with zero attached hydrogens (tertiary/aromatic N) is 4. The number of rotatable bonds is 4. The van der Waals surface area contributed by atoms with E-state index in [9.17, 15) is 0 Å². The molecule has 0 amide bonds. The molecule has 0 N–H and O–H groups in total. The Hall–Kier alpha value is -10.8. The molecule has 0 aliphatic carbocycles. The Bertz CT molecular complexity index is 5990. The molecule has 6 heterocycles. The van der Waals surface area contributed by atoms with Gasteiger partial charge in [0.05, 0.1) is 27.5 Å². The maximum Gasteiger partial charge on any atom is 0.230 e. The van der Waals surface area contributed by atoms with Crippen LogP contribution in [0.1, 0.15) is 133 Å². The lowest BCUT2D eigenvalue weighted by atomic mass is 9.94. The van der Waals surface area contributed by atoms with E-state index in [1.807, 2.05) is 133 Å². The summed E-state index contributed by atoms with van der Waals surface area (Å²) in [6.07, 6.45) is 8.68. The number of fused-ring (bicyclic) bond motifs is 12. The molecule has 0 aliphatic rings. The average molecular weight is 1490 g/mol. The van der Waals surface area contributed by atoms with E-state index in [4.69, 9.17) is 0 Å². The van der Waals surface area contributed by atoms with Crippen molar-refractivity contribution in [1.82, 2.24) is 0 Å². The normalized spacial score (nSPS) is 10.2. The van der Waals surface area contributed by atoms with Crippen LogP contribution >= 0.6 is 22.7 Å². The van der Waals surface area contributed by atoms with Gasteiger partial charge >= 0.3 is 0 Å². The molecule has 0 saturated carbocycles. The predicted molar refractivity (Wildman–Crippen MR) is 493 cm³/mol. The summed E-state index contributed by atoms with van der Waals surface area (Å²) in [6.45, 7) is 40.8. The van der Waals surface area contributed by atoms with Crippen molar-refractivity contribution in [3.63, 3.8) is 0 Å². The molecule has 110 heavy (non-hydrogen) atoms. The molecule has 6 heteroatoms. The van der Waals surface area contributed by atoms with Crippen molar-refractivity contribution in [3.05, 3.63) is 314 Å². The molecular weight excluding hydrogens is 1370 g/mol. The summed E-state index contributed by atoms with van der Waals surface area (Å²) in [6, 6.07) is 96.1. The second-order valence-electron chi connectivity index (χ2n) is 24.9. The molecule has 0 spiro atoms. The van der Waals surface area contributed by atoms with E-state index in [0.717, 1.165) is 0 Å². The number of thiophene rings is 2. The molecule has 4 nitrogen and oxygen atoms in total. The molecule has 18 aromatic rings. The molecular formula is C104H120N4S2+4. The van der Waals surface area contributed by atoms with Gasteiger partial charge in [-0.05, 0) is 164 Å². The molecule has 12 aromatic carbocycles. The first-order valence-corrected chi connectivity index (χ1v) is 41.9. The monoisotopic (exact) mass is 1490 g/mol. The lowest BCUT2D eigenvalue weighted by Crippen LogP contribution is -2.30. The summed E-state index contributed by atoms with van der Waals surface area (Å²) in [5.74, 6) is 0. The fraction of sp³-hybridized carbons (Fsp3) is 0.231. The van der Waals surface area contributed by atoms with Crippen LogP contribution in [0.25, 0.3) is 150 Å². The first-order valence-electron chi connectivity index (χ1n) is 40.3. The molecule has 0 saturated heterocycles. The first-order chi connectivity index (χ1) is 53.9. The molecule has 6 aromatic heterocycles. The zero-order valence-corrected chi connectivity index (χ0v) is 72.0. The third-order valence-electron chi connectivity index (χ3n) is 19.0. The van der Waals surface area contributed by atoms with Gasteiger partial charge in [0.25, 0.3) is 0 Å². The Labute approximate surface area is 666 Å². The van der Waals surface area contributed by atoms with Crippen LogP contribution in [0.5, 0.6) is 0 Å². The van der Waals surface area contributed by atoms with Crippen molar-refractivity contribution in [3.8, 4) is 45.0 Å². The largest absolute Gasteiger partial charge is 0.230 e. The van der Waals surface area contributed by atoms with E-state index in [1.54, 1.807) is 0 Å². The first kappa shape index (κ1) is 86.5. The van der Waals surface area contributed by atoms with Gasteiger partial charge in [-0.3, -0.25) is 0 Å². The summed E-state index contributed by atoms with van der Waals surface area (Å²) < 4.78 is 14.4. The van der Waals surface area contributed by atoms with Gasteiger partial charge in [0.1, 0.15) is 37.6 Å². The summed E-state index contributed by atoms with van der Waals surface area (Å²) in [7, 11) is 8.54.